The zero-order valence-electron chi connectivity index (χ0n) is 7.03. The molecule has 0 fully saturated rings. The highest BCUT2D eigenvalue weighted by molar-refractivity contribution is 9.10. The van der Waals surface area contributed by atoms with Crippen molar-refractivity contribution in [1.29, 1.82) is 0 Å². The Balaban J connectivity index is 2.95. The highest BCUT2D eigenvalue weighted by atomic mass is 79.9. The van der Waals surface area contributed by atoms with E-state index in [9.17, 15) is 4.79 Å². The summed E-state index contributed by atoms with van der Waals surface area (Å²) in [6.45, 7) is 0. The van der Waals surface area contributed by atoms with Crippen LogP contribution < -0.4 is 5.73 Å². The van der Waals surface area contributed by atoms with Gasteiger partial charge in [0.2, 0.25) is 0 Å². The zero-order valence-corrected chi connectivity index (χ0v) is 8.61. The summed E-state index contributed by atoms with van der Waals surface area (Å²) in [4.78, 5) is 15.0. The molecular weight excluding hydrogens is 236 g/mol. The van der Waals surface area contributed by atoms with Crippen LogP contribution in [0.1, 0.15) is 11.7 Å². The largest absolute Gasteiger partial charge is 0.468 e. The van der Waals surface area contributed by atoms with E-state index in [0.29, 0.717) is 10.2 Å². The molecule has 70 valence electrons. The number of nitrogens with zero attached hydrogens (tertiary/aromatic N) is 1. The average Bonchev–Trinajstić information content (AvgIpc) is 2.16. The van der Waals surface area contributed by atoms with Gasteiger partial charge in [-0.15, -0.1) is 0 Å². The van der Waals surface area contributed by atoms with Crippen molar-refractivity contribution in [3.05, 3.63) is 28.5 Å². The number of carbonyl (C=O) groups is 1. The van der Waals surface area contributed by atoms with E-state index < -0.39 is 12.0 Å². The van der Waals surface area contributed by atoms with Crippen LogP contribution in [0.3, 0.4) is 0 Å². The Labute approximate surface area is 84.2 Å². The van der Waals surface area contributed by atoms with Crippen molar-refractivity contribution in [3.8, 4) is 0 Å². The van der Waals surface area contributed by atoms with Crippen LogP contribution >= 0.6 is 15.9 Å². The van der Waals surface area contributed by atoms with Crippen LogP contribution in [0.5, 0.6) is 0 Å². The standard InChI is InChI=1S/C8H9BrN2O2/c1-13-8(12)6(10)7-5(9)3-2-4-11-7/h2-4,6H,10H2,1H3. The number of methoxy groups -OCH3 is 1. The molecule has 0 aliphatic heterocycles. The number of aromatic nitrogens is 1. The lowest BCUT2D eigenvalue weighted by molar-refractivity contribution is -0.142. The topological polar surface area (TPSA) is 65.2 Å². The van der Waals surface area contributed by atoms with E-state index >= 15 is 0 Å². The van der Waals surface area contributed by atoms with Crippen molar-refractivity contribution in [1.82, 2.24) is 4.98 Å². The molecule has 1 heterocycles. The Morgan fingerprint density at radius 1 is 1.77 bits per heavy atom. The molecule has 13 heavy (non-hydrogen) atoms. The van der Waals surface area contributed by atoms with E-state index in [1.165, 1.54) is 7.11 Å². The molecule has 0 aliphatic rings. The number of carbonyl (C=O) groups excluding carboxylic acids is 1. The van der Waals surface area contributed by atoms with Gasteiger partial charge in [0.25, 0.3) is 0 Å². The Morgan fingerprint density at radius 2 is 2.46 bits per heavy atom. The SMILES string of the molecule is COC(=O)C(N)c1ncccc1Br. The average molecular weight is 245 g/mol. The Hall–Kier alpha value is -0.940. The smallest absolute Gasteiger partial charge is 0.328 e. The molecule has 1 atom stereocenters. The van der Waals surface area contributed by atoms with Crippen molar-refractivity contribution in [2.45, 2.75) is 6.04 Å². The van der Waals surface area contributed by atoms with Crippen molar-refractivity contribution in [3.63, 3.8) is 0 Å². The number of pyridine rings is 1. The summed E-state index contributed by atoms with van der Waals surface area (Å²) in [6, 6.07) is 2.68. The summed E-state index contributed by atoms with van der Waals surface area (Å²) in [6.07, 6.45) is 1.57. The van der Waals surface area contributed by atoms with Gasteiger partial charge in [-0.1, -0.05) is 0 Å². The van der Waals surface area contributed by atoms with Gasteiger partial charge in [-0.25, -0.2) is 4.79 Å². The lowest BCUT2D eigenvalue weighted by atomic mass is 10.2. The molecule has 0 radical (unpaired) electrons. The van der Waals surface area contributed by atoms with Gasteiger partial charge in [-0.2, -0.15) is 0 Å². The molecule has 0 aliphatic carbocycles. The van der Waals surface area contributed by atoms with Crippen molar-refractivity contribution < 1.29 is 9.53 Å². The molecule has 0 saturated carbocycles. The van der Waals surface area contributed by atoms with Crippen molar-refractivity contribution in [2.75, 3.05) is 7.11 Å². The highest BCUT2D eigenvalue weighted by Crippen LogP contribution is 2.19. The highest BCUT2D eigenvalue weighted by Gasteiger charge is 2.19. The Bertz CT molecular complexity index is 317. The molecule has 0 amide bonds. The second kappa shape index (κ2) is 4.34. The third-order valence-electron chi connectivity index (χ3n) is 1.54. The molecule has 1 aromatic rings. The summed E-state index contributed by atoms with van der Waals surface area (Å²) in [7, 11) is 1.29. The number of halogens is 1. The maximum Gasteiger partial charge on any atom is 0.328 e. The minimum atomic E-state index is -0.833. The molecule has 1 aromatic heterocycles. The third-order valence-corrected chi connectivity index (χ3v) is 2.21. The van der Waals surface area contributed by atoms with Gasteiger partial charge in [0.1, 0.15) is 6.04 Å². The van der Waals surface area contributed by atoms with Crippen LogP contribution in [-0.2, 0) is 9.53 Å². The maximum absolute atomic E-state index is 11.1. The zero-order chi connectivity index (χ0) is 9.84. The van der Waals surface area contributed by atoms with Crippen LogP contribution in [0, 0.1) is 0 Å². The first-order valence-corrected chi connectivity index (χ1v) is 4.40. The maximum atomic E-state index is 11.1. The first-order chi connectivity index (χ1) is 6.16. The fourth-order valence-corrected chi connectivity index (χ4v) is 1.37. The number of rotatable bonds is 2. The molecule has 0 spiro atoms. The number of nitrogens with two attached hydrogens (primary N) is 1. The van der Waals surface area contributed by atoms with Crippen molar-refractivity contribution >= 4 is 21.9 Å². The van der Waals surface area contributed by atoms with Crippen LogP contribution in [0.2, 0.25) is 0 Å². The van der Waals surface area contributed by atoms with E-state index in [2.05, 4.69) is 25.7 Å². The molecular formula is C8H9BrN2O2. The van der Waals surface area contributed by atoms with Crippen molar-refractivity contribution in [2.24, 2.45) is 5.73 Å². The van der Waals surface area contributed by atoms with Gasteiger partial charge in [-0.05, 0) is 28.1 Å². The monoisotopic (exact) mass is 244 g/mol. The molecule has 4 nitrogen and oxygen atoms in total. The first-order valence-electron chi connectivity index (χ1n) is 3.60. The van der Waals surface area contributed by atoms with Gasteiger partial charge in [0.15, 0.2) is 0 Å². The summed E-state index contributed by atoms with van der Waals surface area (Å²) in [5, 5.41) is 0. The minimum absolute atomic E-state index is 0.481. The quantitative estimate of drug-likeness (QED) is 0.790. The van der Waals surface area contributed by atoms with Crippen LogP contribution in [0.4, 0.5) is 0 Å². The normalized spacial score (nSPS) is 12.2. The van der Waals surface area contributed by atoms with Crippen LogP contribution in [0.15, 0.2) is 22.8 Å². The number of esters is 1. The fraction of sp³-hybridized carbons (Fsp3) is 0.250. The van der Waals surface area contributed by atoms with Gasteiger partial charge >= 0.3 is 5.97 Å². The van der Waals surface area contributed by atoms with Gasteiger partial charge < -0.3 is 10.5 Å². The molecule has 0 aromatic carbocycles. The van der Waals surface area contributed by atoms with E-state index in [0.717, 1.165) is 0 Å². The number of hydrogen-bond acceptors (Lipinski definition) is 4. The van der Waals surface area contributed by atoms with E-state index in [-0.39, 0.29) is 0 Å². The molecule has 2 N–H and O–H groups in total. The fourth-order valence-electron chi connectivity index (χ4n) is 0.865. The summed E-state index contributed by atoms with van der Waals surface area (Å²) < 4.78 is 5.20. The first kappa shape index (κ1) is 10.1. The minimum Gasteiger partial charge on any atom is -0.468 e. The Morgan fingerprint density at radius 3 is 3.00 bits per heavy atom. The molecule has 0 saturated heterocycles. The Kier molecular flexibility index (Phi) is 3.39. The molecule has 0 bridgehead atoms. The summed E-state index contributed by atoms with van der Waals surface area (Å²) in [5.74, 6) is -0.501. The lowest BCUT2D eigenvalue weighted by Crippen LogP contribution is -2.23. The van der Waals surface area contributed by atoms with E-state index in [1.54, 1.807) is 18.3 Å². The summed E-state index contributed by atoms with van der Waals surface area (Å²) in [5.41, 5.74) is 6.06. The molecule has 1 rings (SSSR count). The lowest BCUT2D eigenvalue weighted by Gasteiger charge is -2.09. The van der Waals surface area contributed by atoms with Gasteiger partial charge in [0, 0.05) is 10.7 Å². The predicted molar refractivity (Wildman–Crippen MR) is 50.9 cm³/mol. The van der Waals surface area contributed by atoms with E-state index in [1.807, 2.05) is 0 Å². The van der Waals surface area contributed by atoms with Crippen LogP contribution in [-0.4, -0.2) is 18.1 Å². The third kappa shape index (κ3) is 2.26. The van der Waals surface area contributed by atoms with Gasteiger partial charge in [0.05, 0.1) is 12.8 Å². The number of ether oxygens (including phenoxy) is 1. The molecule has 5 heteroatoms. The van der Waals surface area contributed by atoms with Gasteiger partial charge in [-0.3, -0.25) is 4.98 Å². The predicted octanol–water partition coefficient (Wildman–Crippen LogP) is 1.02. The molecule has 1 unspecified atom stereocenters. The second-order valence-corrected chi connectivity index (χ2v) is 3.23. The second-order valence-electron chi connectivity index (χ2n) is 2.37. The summed E-state index contributed by atoms with van der Waals surface area (Å²) >= 11 is 3.24. The van der Waals surface area contributed by atoms with E-state index in [4.69, 9.17) is 5.73 Å². The van der Waals surface area contributed by atoms with Crippen LogP contribution in [0.25, 0.3) is 0 Å². The number of hydrogen-bond donors (Lipinski definition) is 1.